The Labute approximate surface area is 181 Å². The Bertz CT molecular complexity index is 1080. The molecule has 2 atom stereocenters. The van der Waals surface area contributed by atoms with Crippen molar-refractivity contribution in [3.05, 3.63) is 48.0 Å². The highest BCUT2D eigenvalue weighted by atomic mass is 16.5. The number of hydrogen-bond donors (Lipinski definition) is 2. The fraction of sp³-hybridized carbons (Fsp3) is 0.455. The smallest absolute Gasteiger partial charge is 0.229 e. The summed E-state index contributed by atoms with van der Waals surface area (Å²) in [6.45, 7) is 4.55. The first kappa shape index (κ1) is 19.9. The van der Waals surface area contributed by atoms with Crippen molar-refractivity contribution in [1.29, 1.82) is 0 Å². The third kappa shape index (κ3) is 3.75. The van der Waals surface area contributed by atoms with E-state index in [1.165, 1.54) is 6.42 Å². The van der Waals surface area contributed by atoms with Crippen molar-refractivity contribution < 1.29 is 4.74 Å². The molecule has 0 bridgehead atoms. The molecular formula is C22H28N8O. The summed E-state index contributed by atoms with van der Waals surface area (Å²) in [5.41, 5.74) is 2.77. The van der Waals surface area contributed by atoms with Crippen LogP contribution in [0.25, 0.3) is 0 Å². The first-order chi connectivity index (χ1) is 15.1. The Morgan fingerprint density at radius 1 is 1.29 bits per heavy atom. The zero-order valence-corrected chi connectivity index (χ0v) is 18.2. The molecule has 5 heterocycles. The Kier molecular flexibility index (Phi) is 5.07. The van der Waals surface area contributed by atoms with Crippen LogP contribution in [0.3, 0.4) is 0 Å². The molecule has 31 heavy (non-hydrogen) atoms. The van der Waals surface area contributed by atoms with Crippen molar-refractivity contribution >= 4 is 23.3 Å². The van der Waals surface area contributed by atoms with Crippen molar-refractivity contribution in [3.8, 4) is 0 Å². The summed E-state index contributed by atoms with van der Waals surface area (Å²) in [7, 11) is 3.61. The lowest BCUT2D eigenvalue weighted by Crippen LogP contribution is -2.33. The minimum absolute atomic E-state index is 0.222. The van der Waals surface area contributed by atoms with E-state index in [0.717, 1.165) is 48.1 Å². The lowest BCUT2D eigenvalue weighted by atomic mass is 9.87. The van der Waals surface area contributed by atoms with Crippen LogP contribution >= 0.6 is 0 Å². The molecule has 0 amide bonds. The van der Waals surface area contributed by atoms with E-state index < -0.39 is 0 Å². The molecule has 1 fully saturated rings. The first-order valence-electron chi connectivity index (χ1n) is 10.7. The van der Waals surface area contributed by atoms with Crippen LogP contribution in [-0.4, -0.2) is 51.5 Å². The van der Waals surface area contributed by atoms with E-state index in [1.807, 2.05) is 19.4 Å². The van der Waals surface area contributed by atoms with Gasteiger partial charge in [0.15, 0.2) is 0 Å². The average Bonchev–Trinajstić information content (AvgIpc) is 3.49. The van der Waals surface area contributed by atoms with Gasteiger partial charge in [-0.3, -0.25) is 4.68 Å². The number of pyridine rings is 1. The number of anilines is 4. The Hall–Kier alpha value is -3.04. The van der Waals surface area contributed by atoms with Gasteiger partial charge in [0.1, 0.15) is 11.6 Å². The van der Waals surface area contributed by atoms with Crippen LogP contribution in [0.4, 0.5) is 23.3 Å². The number of methoxy groups -OCH3 is 1. The summed E-state index contributed by atoms with van der Waals surface area (Å²) >= 11 is 0. The number of nitrogens with zero attached hydrogens (tertiary/aromatic N) is 6. The number of aromatic nitrogens is 5. The summed E-state index contributed by atoms with van der Waals surface area (Å²) in [6, 6.07) is 6.56. The topological polar surface area (TPSA) is 93.0 Å². The van der Waals surface area contributed by atoms with E-state index >= 15 is 0 Å². The number of rotatable bonds is 6. The lowest BCUT2D eigenvalue weighted by Gasteiger charge is -2.25. The van der Waals surface area contributed by atoms with Gasteiger partial charge >= 0.3 is 0 Å². The summed E-state index contributed by atoms with van der Waals surface area (Å²) in [5, 5.41) is 11.0. The van der Waals surface area contributed by atoms with E-state index in [9.17, 15) is 0 Å². The van der Waals surface area contributed by atoms with Gasteiger partial charge in [-0.2, -0.15) is 10.1 Å². The molecule has 9 heteroatoms. The normalized spacial score (nSPS) is 22.7. The molecule has 162 valence electrons. The highest BCUT2D eigenvalue weighted by Crippen LogP contribution is 2.43. The molecule has 0 spiro atoms. The van der Waals surface area contributed by atoms with Gasteiger partial charge in [-0.1, -0.05) is 13.0 Å². The minimum Gasteiger partial charge on any atom is -0.384 e. The Balaban J connectivity index is 1.52. The molecule has 0 aromatic carbocycles. The molecule has 3 aromatic heterocycles. The van der Waals surface area contributed by atoms with Crippen LogP contribution in [0, 0.1) is 0 Å². The summed E-state index contributed by atoms with van der Waals surface area (Å²) in [6.07, 6.45) is 7.86. The van der Waals surface area contributed by atoms with E-state index in [1.54, 1.807) is 18.0 Å². The second-order valence-corrected chi connectivity index (χ2v) is 8.61. The zero-order valence-electron chi connectivity index (χ0n) is 18.2. The van der Waals surface area contributed by atoms with Crippen molar-refractivity contribution in [1.82, 2.24) is 30.0 Å². The molecule has 2 aliphatic heterocycles. The third-order valence-corrected chi connectivity index (χ3v) is 6.06. The summed E-state index contributed by atoms with van der Waals surface area (Å²) in [5.74, 6) is 2.30. The third-order valence-electron chi connectivity index (χ3n) is 6.06. The molecule has 5 rings (SSSR count). The highest BCUT2D eigenvalue weighted by Gasteiger charge is 2.42. The zero-order chi connectivity index (χ0) is 21.4. The molecule has 0 aliphatic carbocycles. The van der Waals surface area contributed by atoms with E-state index in [0.29, 0.717) is 18.6 Å². The highest BCUT2D eigenvalue weighted by molar-refractivity contribution is 5.68. The van der Waals surface area contributed by atoms with Crippen LogP contribution in [0.1, 0.15) is 37.1 Å². The van der Waals surface area contributed by atoms with Gasteiger partial charge in [-0.15, -0.1) is 0 Å². The van der Waals surface area contributed by atoms with Gasteiger partial charge in [-0.05, 0) is 31.5 Å². The number of aryl methyl sites for hydroxylation is 1. The van der Waals surface area contributed by atoms with Gasteiger partial charge in [0.25, 0.3) is 0 Å². The van der Waals surface area contributed by atoms with Crippen LogP contribution in [0.2, 0.25) is 0 Å². The van der Waals surface area contributed by atoms with Gasteiger partial charge in [0.2, 0.25) is 5.95 Å². The van der Waals surface area contributed by atoms with Crippen LogP contribution < -0.4 is 15.5 Å². The minimum atomic E-state index is -0.222. The van der Waals surface area contributed by atoms with E-state index in [2.05, 4.69) is 50.7 Å². The number of nitrogens with one attached hydrogen (secondary N) is 2. The van der Waals surface area contributed by atoms with Crippen molar-refractivity contribution in [3.63, 3.8) is 0 Å². The predicted octanol–water partition coefficient (Wildman–Crippen LogP) is 2.83. The molecule has 0 unspecified atom stereocenters. The number of fused-ring (bicyclic) bond motifs is 1. The molecule has 2 N–H and O–H groups in total. The van der Waals surface area contributed by atoms with Gasteiger partial charge < -0.3 is 20.3 Å². The number of ether oxygens (including phenoxy) is 1. The van der Waals surface area contributed by atoms with E-state index in [4.69, 9.17) is 14.7 Å². The molecule has 0 saturated carbocycles. The fourth-order valence-electron chi connectivity index (χ4n) is 4.54. The van der Waals surface area contributed by atoms with Gasteiger partial charge in [0.05, 0.1) is 24.2 Å². The molecular weight excluding hydrogens is 392 g/mol. The predicted molar refractivity (Wildman–Crippen MR) is 119 cm³/mol. The Morgan fingerprint density at radius 3 is 2.94 bits per heavy atom. The first-order valence-corrected chi connectivity index (χ1v) is 10.7. The van der Waals surface area contributed by atoms with Crippen LogP contribution in [-0.2, 0) is 17.2 Å². The molecule has 0 radical (unpaired) electrons. The lowest BCUT2D eigenvalue weighted by molar-refractivity contribution is 0.145. The molecule has 3 aromatic rings. The fourth-order valence-corrected chi connectivity index (χ4v) is 4.54. The summed E-state index contributed by atoms with van der Waals surface area (Å²) in [4.78, 5) is 16.6. The van der Waals surface area contributed by atoms with Crippen LogP contribution in [0.15, 0.2) is 36.8 Å². The van der Waals surface area contributed by atoms with Crippen LogP contribution in [0.5, 0.6) is 0 Å². The number of hydrogen-bond acceptors (Lipinski definition) is 8. The second kappa shape index (κ2) is 7.90. The molecule has 9 nitrogen and oxygen atoms in total. The standard InChI is InChI=1S/C22H28N8O/c1-22(14-31-3)13-30(19-8-4-6-18(27-19)17-7-5-9-23-17)20-16(22)11-24-21(28-20)26-15-10-25-29(2)12-15/h4,6,8,10-12,17,23H,5,7,9,13-14H2,1-3H3,(H,24,26,28)/t17-,22+/m1/s1. The monoisotopic (exact) mass is 420 g/mol. The van der Waals surface area contributed by atoms with Gasteiger partial charge in [0, 0.05) is 50.1 Å². The van der Waals surface area contributed by atoms with Crippen molar-refractivity contribution in [2.45, 2.75) is 31.2 Å². The maximum Gasteiger partial charge on any atom is 0.229 e. The Morgan fingerprint density at radius 2 is 2.19 bits per heavy atom. The quantitative estimate of drug-likeness (QED) is 0.629. The van der Waals surface area contributed by atoms with Gasteiger partial charge in [-0.25, -0.2) is 9.97 Å². The SMILES string of the molecule is COC[C@]1(C)CN(c2cccc([C@H]3CCCN3)n2)c2nc(Nc3cnn(C)c3)ncc21. The average molecular weight is 421 g/mol. The second-order valence-electron chi connectivity index (χ2n) is 8.61. The van der Waals surface area contributed by atoms with E-state index in [-0.39, 0.29) is 5.41 Å². The molecule has 1 saturated heterocycles. The maximum atomic E-state index is 5.56. The van der Waals surface area contributed by atoms with Crippen molar-refractivity contribution in [2.75, 3.05) is 37.0 Å². The largest absolute Gasteiger partial charge is 0.384 e. The molecule has 2 aliphatic rings. The summed E-state index contributed by atoms with van der Waals surface area (Å²) < 4.78 is 7.30. The maximum absolute atomic E-state index is 5.56. The van der Waals surface area contributed by atoms with Crippen molar-refractivity contribution in [2.24, 2.45) is 7.05 Å².